The van der Waals surface area contributed by atoms with Crippen molar-refractivity contribution in [3.63, 3.8) is 0 Å². The predicted octanol–water partition coefficient (Wildman–Crippen LogP) is 2.81. The number of nitrogens with two attached hydrogens (primary N) is 1. The Morgan fingerprint density at radius 3 is 2.55 bits per heavy atom. The molecule has 0 aromatic heterocycles. The van der Waals surface area contributed by atoms with Crippen LogP contribution in [0.2, 0.25) is 0 Å². The molecule has 1 amide bonds. The van der Waals surface area contributed by atoms with Crippen LogP contribution in [0.1, 0.15) is 55.8 Å². The van der Waals surface area contributed by atoms with Crippen molar-refractivity contribution < 1.29 is 9.90 Å². The first-order valence-electron chi connectivity index (χ1n) is 7.43. The Hall–Kier alpha value is -1.55. The van der Waals surface area contributed by atoms with E-state index < -0.39 is 0 Å². The Labute approximate surface area is 121 Å². The Bertz CT molecular complexity index is 405. The lowest BCUT2D eigenvalue weighted by molar-refractivity contribution is 0.0950. The summed E-state index contributed by atoms with van der Waals surface area (Å²) in [6.45, 7) is 2.69. The van der Waals surface area contributed by atoms with E-state index in [2.05, 4.69) is 5.32 Å². The normalized spacial score (nSPS) is 12.1. The van der Waals surface area contributed by atoms with Crippen LogP contribution in [0, 0.1) is 0 Å². The third kappa shape index (κ3) is 6.57. The Balaban J connectivity index is 2.07. The third-order valence-electron chi connectivity index (χ3n) is 3.27. The fraction of sp³-hybridized carbons (Fsp3) is 0.562. The minimum Gasteiger partial charge on any atom is -0.507 e. The SMILES string of the molecule is CC(N)CCCCCCCNC(=O)c1ccccc1O. The maximum absolute atomic E-state index is 11.8. The van der Waals surface area contributed by atoms with Crippen molar-refractivity contribution in [1.29, 1.82) is 0 Å². The molecular formula is C16H26N2O2. The summed E-state index contributed by atoms with van der Waals surface area (Å²) in [5.74, 6) is -0.180. The zero-order valence-electron chi connectivity index (χ0n) is 12.3. The number of hydrogen-bond acceptors (Lipinski definition) is 3. The van der Waals surface area contributed by atoms with Gasteiger partial charge in [-0.1, -0.05) is 37.8 Å². The second-order valence-electron chi connectivity index (χ2n) is 5.31. The molecule has 0 spiro atoms. The number of phenols is 1. The minimum absolute atomic E-state index is 0.0286. The van der Waals surface area contributed by atoms with Crippen LogP contribution >= 0.6 is 0 Å². The molecule has 0 saturated heterocycles. The number of phenolic OH excluding ortho intramolecular Hbond substituents is 1. The van der Waals surface area contributed by atoms with Gasteiger partial charge in [-0.3, -0.25) is 4.79 Å². The molecule has 4 N–H and O–H groups in total. The van der Waals surface area contributed by atoms with Crippen LogP contribution in [0.5, 0.6) is 5.75 Å². The third-order valence-corrected chi connectivity index (χ3v) is 3.27. The Kier molecular flexibility index (Phi) is 7.73. The van der Waals surface area contributed by atoms with E-state index in [1.807, 2.05) is 6.92 Å². The van der Waals surface area contributed by atoms with E-state index in [-0.39, 0.29) is 11.7 Å². The molecule has 1 aromatic carbocycles. The monoisotopic (exact) mass is 278 g/mol. The maximum Gasteiger partial charge on any atom is 0.255 e. The van der Waals surface area contributed by atoms with Gasteiger partial charge in [0.1, 0.15) is 5.75 Å². The van der Waals surface area contributed by atoms with Crippen LogP contribution < -0.4 is 11.1 Å². The first-order chi connectivity index (χ1) is 9.61. The highest BCUT2D eigenvalue weighted by Gasteiger charge is 2.08. The molecule has 0 fully saturated rings. The number of nitrogens with one attached hydrogen (secondary N) is 1. The summed E-state index contributed by atoms with van der Waals surface area (Å²) in [6, 6.07) is 6.89. The highest BCUT2D eigenvalue weighted by Crippen LogP contribution is 2.15. The summed E-state index contributed by atoms with van der Waals surface area (Å²) >= 11 is 0. The van der Waals surface area contributed by atoms with Gasteiger partial charge in [0.15, 0.2) is 0 Å². The van der Waals surface area contributed by atoms with Gasteiger partial charge < -0.3 is 16.2 Å². The summed E-state index contributed by atoms with van der Waals surface area (Å²) in [7, 11) is 0. The average molecular weight is 278 g/mol. The fourth-order valence-electron chi connectivity index (χ4n) is 2.08. The van der Waals surface area contributed by atoms with E-state index in [4.69, 9.17) is 5.73 Å². The van der Waals surface area contributed by atoms with E-state index in [1.54, 1.807) is 18.2 Å². The second-order valence-corrected chi connectivity index (χ2v) is 5.31. The molecule has 0 aliphatic heterocycles. The van der Waals surface area contributed by atoms with Crippen molar-refractivity contribution in [2.24, 2.45) is 5.73 Å². The van der Waals surface area contributed by atoms with Gasteiger partial charge in [0.05, 0.1) is 5.56 Å². The molecule has 0 bridgehead atoms. The van der Waals surface area contributed by atoms with Crippen LogP contribution in [-0.4, -0.2) is 23.6 Å². The quantitative estimate of drug-likeness (QED) is 0.608. The van der Waals surface area contributed by atoms with E-state index in [9.17, 15) is 9.90 Å². The molecular weight excluding hydrogens is 252 g/mol. The van der Waals surface area contributed by atoms with Crippen LogP contribution in [0.3, 0.4) is 0 Å². The number of carbonyl (C=O) groups excluding carboxylic acids is 1. The first-order valence-corrected chi connectivity index (χ1v) is 7.43. The molecule has 0 aliphatic rings. The molecule has 20 heavy (non-hydrogen) atoms. The first kappa shape index (κ1) is 16.5. The molecule has 4 nitrogen and oxygen atoms in total. The number of amides is 1. The van der Waals surface area contributed by atoms with Gasteiger partial charge in [0.25, 0.3) is 5.91 Å². The summed E-state index contributed by atoms with van der Waals surface area (Å²) in [4.78, 5) is 11.8. The van der Waals surface area contributed by atoms with Gasteiger partial charge in [0, 0.05) is 12.6 Å². The van der Waals surface area contributed by atoms with Crippen LogP contribution in [0.15, 0.2) is 24.3 Å². The standard InChI is InChI=1S/C16H26N2O2/c1-13(17)9-5-3-2-4-8-12-18-16(20)14-10-6-7-11-15(14)19/h6-7,10-11,13,19H,2-5,8-9,12,17H2,1H3,(H,18,20). The van der Waals surface area contributed by atoms with Gasteiger partial charge in [-0.05, 0) is 31.9 Å². The average Bonchev–Trinajstić information content (AvgIpc) is 2.41. The lowest BCUT2D eigenvalue weighted by atomic mass is 10.1. The topological polar surface area (TPSA) is 75.3 Å². The Morgan fingerprint density at radius 2 is 1.85 bits per heavy atom. The number of unbranched alkanes of at least 4 members (excludes halogenated alkanes) is 4. The molecule has 0 heterocycles. The van der Waals surface area contributed by atoms with E-state index >= 15 is 0 Å². The highest BCUT2D eigenvalue weighted by molar-refractivity contribution is 5.96. The molecule has 4 heteroatoms. The molecule has 0 aliphatic carbocycles. The van der Waals surface area contributed by atoms with Crippen molar-refractivity contribution in [3.8, 4) is 5.75 Å². The molecule has 0 saturated carbocycles. The predicted molar refractivity (Wildman–Crippen MR) is 81.8 cm³/mol. The zero-order valence-corrected chi connectivity index (χ0v) is 12.3. The molecule has 1 rings (SSSR count). The summed E-state index contributed by atoms with van der Waals surface area (Å²) in [5.41, 5.74) is 6.03. The van der Waals surface area contributed by atoms with Crippen LogP contribution in [-0.2, 0) is 0 Å². The molecule has 1 unspecified atom stereocenters. The van der Waals surface area contributed by atoms with Crippen LogP contribution in [0.25, 0.3) is 0 Å². The second kappa shape index (κ2) is 9.37. The molecule has 112 valence electrons. The lowest BCUT2D eigenvalue weighted by Crippen LogP contribution is -2.24. The van der Waals surface area contributed by atoms with E-state index in [0.717, 1.165) is 19.3 Å². The fourth-order valence-corrected chi connectivity index (χ4v) is 2.08. The van der Waals surface area contributed by atoms with Gasteiger partial charge in [-0.25, -0.2) is 0 Å². The summed E-state index contributed by atoms with van der Waals surface area (Å²) < 4.78 is 0. The van der Waals surface area contributed by atoms with Gasteiger partial charge in [-0.2, -0.15) is 0 Å². The van der Waals surface area contributed by atoms with Crippen molar-refractivity contribution in [3.05, 3.63) is 29.8 Å². The van der Waals surface area contributed by atoms with Crippen molar-refractivity contribution >= 4 is 5.91 Å². The highest BCUT2D eigenvalue weighted by atomic mass is 16.3. The van der Waals surface area contributed by atoms with Crippen molar-refractivity contribution in [1.82, 2.24) is 5.32 Å². The smallest absolute Gasteiger partial charge is 0.255 e. The van der Waals surface area contributed by atoms with Crippen LogP contribution in [0.4, 0.5) is 0 Å². The van der Waals surface area contributed by atoms with E-state index in [1.165, 1.54) is 25.3 Å². The number of carbonyl (C=O) groups is 1. The number of aromatic hydroxyl groups is 1. The number of rotatable bonds is 9. The summed E-state index contributed by atoms with van der Waals surface area (Å²) in [6.07, 6.45) is 6.73. The maximum atomic E-state index is 11.8. The molecule has 0 radical (unpaired) electrons. The van der Waals surface area contributed by atoms with Crippen molar-refractivity contribution in [2.75, 3.05) is 6.54 Å². The minimum atomic E-state index is -0.208. The van der Waals surface area contributed by atoms with Gasteiger partial charge in [-0.15, -0.1) is 0 Å². The van der Waals surface area contributed by atoms with E-state index in [0.29, 0.717) is 18.2 Å². The van der Waals surface area contributed by atoms with Crippen molar-refractivity contribution in [2.45, 2.75) is 51.5 Å². The van der Waals surface area contributed by atoms with Gasteiger partial charge >= 0.3 is 0 Å². The molecule has 1 atom stereocenters. The molecule has 1 aromatic rings. The number of benzene rings is 1. The van der Waals surface area contributed by atoms with Gasteiger partial charge in [0.2, 0.25) is 0 Å². The number of para-hydroxylation sites is 1. The Morgan fingerprint density at radius 1 is 1.20 bits per heavy atom. The zero-order chi connectivity index (χ0) is 14.8. The number of hydrogen-bond donors (Lipinski definition) is 3. The summed E-state index contributed by atoms with van der Waals surface area (Å²) in [5, 5.41) is 12.4. The largest absolute Gasteiger partial charge is 0.507 e. The lowest BCUT2D eigenvalue weighted by Gasteiger charge is -2.07.